The van der Waals surface area contributed by atoms with Gasteiger partial charge in [-0.15, -0.1) is 0 Å². The van der Waals surface area contributed by atoms with Crippen molar-refractivity contribution >= 4 is 0 Å². The van der Waals surface area contributed by atoms with E-state index in [1.807, 2.05) is 6.07 Å². The van der Waals surface area contributed by atoms with E-state index in [1.54, 1.807) is 0 Å². The molecule has 0 saturated carbocycles. The summed E-state index contributed by atoms with van der Waals surface area (Å²) in [6.45, 7) is 0.580. The molecule has 1 aromatic carbocycles. The molecule has 0 atom stereocenters. The minimum absolute atomic E-state index is 0.0972. The van der Waals surface area contributed by atoms with Crippen molar-refractivity contribution < 1.29 is 9.13 Å². The third kappa shape index (κ3) is 3.48. The Morgan fingerprint density at radius 2 is 2.38 bits per heavy atom. The van der Waals surface area contributed by atoms with Crippen LogP contribution in [0.2, 0.25) is 0 Å². The van der Waals surface area contributed by atoms with Crippen molar-refractivity contribution in [1.29, 1.82) is 5.26 Å². The molecule has 16 heavy (non-hydrogen) atoms. The Balaban J connectivity index is 2.48. The molecular weight excluding hydrogens is 211 g/mol. The average Bonchev–Trinajstić information content (AvgIpc) is 2.30. The van der Waals surface area contributed by atoms with E-state index in [9.17, 15) is 4.39 Å². The molecule has 6 heteroatoms. The summed E-state index contributed by atoms with van der Waals surface area (Å²) in [5.74, 6) is -0.470. The monoisotopic (exact) mass is 220 g/mol. The summed E-state index contributed by atoms with van der Waals surface area (Å²) in [4.78, 5) is 2.58. The van der Waals surface area contributed by atoms with E-state index >= 15 is 0 Å². The second kappa shape index (κ2) is 6.27. The summed E-state index contributed by atoms with van der Waals surface area (Å²) < 4.78 is 18.4. The maximum Gasteiger partial charge on any atom is 0.166 e. The van der Waals surface area contributed by atoms with Crippen molar-refractivity contribution in [3.63, 3.8) is 0 Å². The van der Waals surface area contributed by atoms with Gasteiger partial charge in [0.1, 0.15) is 0 Å². The molecule has 5 nitrogen and oxygen atoms in total. The fraction of sp³-hybridized carbons (Fsp3) is 0.300. The Bertz CT molecular complexity index is 449. The quantitative estimate of drug-likeness (QED) is 0.331. The fourth-order valence-corrected chi connectivity index (χ4v) is 1.05. The molecule has 0 aliphatic carbocycles. The molecule has 0 aliphatic heterocycles. The molecule has 1 rings (SSSR count). The highest BCUT2D eigenvalue weighted by Crippen LogP contribution is 2.17. The molecule has 0 radical (unpaired) electrons. The van der Waals surface area contributed by atoms with E-state index < -0.39 is 5.82 Å². The number of rotatable bonds is 5. The van der Waals surface area contributed by atoms with E-state index in [2.05, 4.69) is 10.0 Å². The molecule has 0 bridgehead atoms. The minimum Gasteiger partial charge on any atom is -0.491 e. The van der Waals surface area contributed by atoms with Crippen LogP contribution in [0.15, 0.2) is 23.3 Å². The lowest BCUT2D eigenvalue weighted by atomic mass is 10.2. The second-order valence-electron chi connectivity index (χ2n) is 2.91. The van der Waals surface area contributed by atoms with E-state index in [1.165, 1.54) is 12.1 Å². The number of ether oxygens (including phenoxy) is 1. The lowest BCUT2D eigenvalue weighted by molar-refractivity contribution is 0.298. The maximum absolute atomic E-state index is 13.3. The number of halogens is 1. The normalized spacial score (nSPS) is 9.00. The van der Waals surface area contributed by atoms with Crippen LogP contribution in [0.3, 0.4) is 0 Å². The topological polar surface area (TPSA) is 81.8 Å². The highest BCUT2D eigenvalue weighted by atomic mass is 19.1. The van der Waals surface area contributed by atoms with Gasteiger partial charge in [0.05, 0.1) is 18.2 Å². The fourth-order valence-electron chi connectivity index (χ4n) is 1.05. The lowest BCUT2D eigenvalue weighted by Crippen LogP contribution is -2.00. The van der Waals surface area contributed by atoms with Crippen LogP contribution in [0.25, 0.3) is 10.4 Å². The van der Waals surface area contributed by atoms with Gasteiger partial charge >= 0.3 is 0 Å². The van der Waals surface area contributed by atoms with Gasteiger partial charge in [-0.25, -0.2) is 4.39 Å². The predicted octanol–water partition coefficient (Wildman–Crippen LogP) is 2.78. The Hall–Kier alpha value is -2.25. The summed E-state index contributed by atoms with van der Waals surface area (Å²) in [6.07, 6.45) is 0.517. The first kappa shape index (κ1) is 11.8. The van der Waals surface area contributed by atoms with Crippen LogP contribution in [-0.2, 0) is 0 Å². The van der Waals surface area contributed by atoms with E-state index in [4.69, 9.17) is 15.5 Å². The number of azide groups is 1. The number of nitriles is 1. The molecule has 0 amide bonds. The molecule has 82 valence electrons. The van der Waals surface area contributed by atoms with Crippen molar-refractivity contribution in [2.45, 2.75) is 6.42 Å². The van der Waals surface area contributed by atoms with Gasteiger partial charge in [0.15, 0.2) is 11.6 Å². The zero-order chi connectivity index (χ0) is 11.8. The Kier molecular flexibility index (Phi) is 4.64. The lowest BCUT2D eigenvalue weighted by Gasteiger charge is -2.05. The molecular formula is C10H9FN4O. The Labute approximate surface area is 91.7 Å². The largest absolute Gasteiger partial charge is 0.491 e. The van der Waals surface area contributed by atoms with Gasteiger partial charge in [-0.05, 0) is 30.2 Å². The van der Waals surface area contributed by atoms with Crippen LogP contribution >= 0.6 is 0 Å². The van der Waals surface area contributed by atoms with Gasteiger partial charge in [-0.3, -0.25) is 0 Å². The smallest absolute Gasteiger partial charge is 0.166 e. The third-order valence-corrected chi connectivity index (χ3v) is 1.78. The van der Waals surface area contributed by atoms with Crippen molar-refractivity contribution in [2.75, 3.05) is 13.2 Å². The van der Waals surface area contributed by atoms with Crippen LogP contribution in [0.4, 0.5) is 4.39 Å². The van der Waals surface area contributed by atoms with Gasteiger partial charge in [0, 0.05) is 11.5 Å². The summed E-state index contributed by atoms with van der Waals surface area (Å²) in [7, 11) is 0. The summed E-state index contributed by atoms with van der Waals surface area (Å²) in [6, 6.07) is 5.82. The molecule has 0 fully saturated rings. The number of hydrogen-bond donors (Lipinski definition) is 0. The molecule has 0 heterocycles. The summed E-state index contributed by atoms with van der Waals surface area (Å²) >= 11 is 0. The van der Waals surface area contributed by atoms with Crippen molar-refractivity contribution in [3.8, 4) is 11.8 Å². The molecule has 0 aliphatic rings. The van der Waals surface area contributed by atoms with E-state index in [-0.39, 0.29) is 17.9 Å². The van der Waals surface area contributed by atoms with Gasteiger partial charge < -0.3 is 4.74 Å². The zero-order valence-electron chi connectivity index (χ0n) is 8.43. The van der Waals surface area contributed by atoms with Gasteiger partial charge in [-0.2, -0.15) is 5.26 Å². The zero-order valence-corrected chi connectivity index (χ0v) is 8.43. The minimum atomic E-state index is -0.567. The summed E-state index contributed by atoms with van der Waals surface area (Å²) in [5, 5.41) is 11.8. The number of nitrogens with zero attached hydrogens (tertiary/aromatic N) is 4. The first-order chi connectivity index (χ1) is 7.77. The van der Waals surface area contributed by atoms with Gasteiger partial charge in [-0.1, -0.05) is 5.11 Å². The van der Waals surface area contributed by atoms with Crippen molar-refractivity contribution in [2.24, 2.45) is 5.11 Å². The van der Waals surface area contributed by atoms with Crippen LogP contribution in [-0.4, -0.2) is 13.2 Å². The number of hydrogen-bond acceptors (Lipinski definition) is 3. The SMILES string of the molecule is N#Cc1ccc(OCCCN=[N+]=[N-])c(F)c1. The molecule has 1 aromatic rings. The van der Waals surface area contributed by atoms with Crippen molar-refractivity contribution in [1.82, 2.24) is 0 Å². The average molecular weight is 220 g/mol. The van der Waals surface area contributed by atoms with Crippen LogP contribution in [0, 0.1) is 17.1 Å². The van der Waals surface area contributed by atoms with E-state index in [0.717, 1.165) is 6.07 Å². The first-order valence-corrected chi connectivity index (χ1v) is 4.61. The molecule has 0 saturated heterocycles. The third-order valence-electron chi connectivity index (χ3n) is 1.78. The molecule has 0 unspecified atom stereocenters. The first-order valence-electron chi connectivity index (χ1n) is 4.61. The standard InChI is InChI=1S/C10H9FN4O/c11-9-6-8(7-12)2-3-10(9)16-5-1-4-14-15-13/h2-3,6H,1,4-5H2. The van der Waals surface area contributed by atoms with Crippen molar-refractivity contribution in [3.05, 3.63) is 40.0 Å². The van der Waals surface area contributed by atoms with Gasteiger partial charge in [0.25, 0.3) is 0 Å². The highest BCUT2D eigenvalue weighted by Gasteiger charge is 2.03. The Morgan fingerprint density at radius 1 is 1.56 bits per heavy atom. The van der Waals surface area contributed by atoms with Crippen LogP contribution in [0.1, 0.15) is 12.0 Å². The van der Waals surface area contributed by atoms with Gasteiger partial charge in [0.2, 0.25) is 0 Å². The maximum atomic E-state index is 13.3. The molecule has 0 aromatic heterocycles. The molecule has 0 N–H and O–H groups in total. The van der Waals surface area contributed by atoms with Crippen LogP contribution < -0.4 is 4.74 Å². The Morgan fingerprint density at radius 3 is 3.00 bits per heavy atom. The molecule has 0 spiro atoms. The van der Waals surface area contributed by atoms with E-state index in [0.29, 0.717) is 13.0 Å². The summed E-state index contributed by atoms with van der Waals surface area (Å²) in [5.41, 5.74) is 8.26. The predicted molar refractivity (Wildman–Crippen MR) is 55.2 cm³/mol. The highest BCUT2D eigenvalue weighted by molar-refractivity contribution is 5.35. The number of benzene rings is 1. The second-order valence-corrected chi connectivity index (χ2v) is 2.91. The van der Waals surface area contributed by atoms with Crippen LogP contribution in [0.5, 0.6) is 5.75 Å².